The maximum atomic E-state index is 14.2. The molecule has 3 rings (SSSR count). The van der Waals surface area contributed by atoms with E-state index in [-0.39, 0.29) is 52.4 Å². The Bertz CT molecular complexity index is 1280. The van der Waals surface area contributed by atoms with Crippen molar-refractivity contribution in [1.82, 2.24) is 19.9 Å². The van der Waals surface area contributed by atoms with Crippen LogP contribution in [0.5, 0.6) is 5.75 Å². The number of rotatable bonds is 8. The Morgan fingerprint density at radius 3 is 2.67 bits per heavy atom. The summed E-state index contributed by atoms with van der Waals surface area (Å²) in [6.07, 6.45) is 0.596. The number of hydrogen-bond acceptors (Lipinski definition) is 8. The van der Waals surface area contributed by atoms with Crippen LogP contribution < -0.4 is 21.1 Å². The van der Waals surface area contributed by atoms with E-state index in [2.05, 4.69) is 20.7 Å². The van der Waals surface area contributed by atoms with E-state index in [9.17, 15) is 14.0 Å². The van der Waals surface area contributed by atoms with Crippen molar-refractivity contribution in [1.29, 1.82) is 0 Å². The molecule has 0 aliphatic carbocycles. The molecule has 2 heterocycles. The minimum Gasteiger partial charge on any atom is -0.494 e. The monoisotopic (exact) mass is 522 g/mol. The zero-order valence-corrected chi connectivity index (χ0v) is 21.3. The van der Waals surface area contributed by atoms with Crippen LogP contribution in [-0.4, -0.2) is 52.0 Å². The number of imidazole rings is 1. The van der Waals surface area contributed by atoms with Gasteiger partial charge in [0.1, 0.15) is 17.2 Å². The van der Waals surface area contributed by atoms with Crippen molar-refractivity contribution in [3.8, 4) is 5.75 Å². The lowest BCUT2D eigenvalue weighted by molar-refractivity contribution is 0.0635. The molecular formula is C23H28ClFN6O5. The van der Waals surface area contributed by atoms with Crippen molar-refractivity contribution in [2.75, 3.05) is 24.8 Å². The van der Waals surface area contributed by atoms with Gasteiger partial charge in [-0.05, 0) is 33.8 Å². The molecule has 0 aliphatic heterocycles. The molecule has 0 unspecified atom stereocenters. The van der Waals surface area contributed by atoms with Crippen LogP contribution in [0.25, 0.3) is 5.65 Å². The highest BCUT2D eigenvalue weighted by molar-refractivity contribution is 6.29. The van der Waals surface area contributed by atoms with Crippen LogP contribution in [0, 0.1) is 5.82 Å². The quantitative estimate of drug-likeness (QED) is 0.379. The molecule has 2 aromatic heterocycles. The van der Waals surface area contributed by atoms with Gasteiger partial charge in [0.2, 0.25) is 0 Å². The second-order valence-corrected chi connectivity index (χ2v) is 9.35. The van der Waals surface area contributed by atoms with E-state index in [4.69, 9.17) is 31.5 Å². The SMILES string of the molecule is COc1cc(F)c(COC[C@@H](C)NC(=O)c2cnc3c(NC(=O)OC(C)(C)C)cc(Cl)nn23)cc1N. The van der Waals surface area contributed by atoms with E-state index in [1.54, 1.807) is 27.7 Å². The first-order valence-electron chi connectivity index (χ1n) is 10.9. The normalized spacial score (nSPS) is 12.3. The number of nitrogens with one attached hydrogen (secondary N) is 2. The molecule has 0 saturated carbocycles. The summed E-state index contributed by atoms with van der Waals surface area (Å²) in [7, 11) is 1.40. The number of nitrogen functional groups attached to an aromatic ring is 1. The number of nitrogens with two attached hydrogens (primary N) is 1. The highest BCUT2D eigenvalue weighted by atomic mass is 35.5. The summed E-state index contributed by atoms with van der Waals surface area (Å²) >= 11 is 6.10. The lowest BCUT2D eigenvalue weighted by Crippen LogP contribution is -2.36. The smallest absolute Gasteiger partial charge is 0.412 e. The fraction of sp³-hybridized carbons (Fsp3) is 0.391. The second kappa shape index (κ2) is 11.0. The summed E-state index contributed by atoms with van der Waals surface area (Å²) in [4.78, 5) is 29.2. The molecule has 2 amide bonds. The number of hydrogen-bond donors (Lipinski definition) is 3. The number of methoxy groups -OCH3 is 1. The molecule has 0 radical (unpaired) electrons. The lowest BCUT2D eigenvalue weighted by Gasteiger charge is -2.19. The first-order valence-corrected chi connectivity index (χ1v) is 11.3. The van der Waals surface area contributed by atoms with Crippen molar-refractivity contribution in [3.05, 3.63) is 46.6 Å². The van der Waals surface area contributed by atoms with Crippen LogP contribution in [0.3, 0.4) is 0 Å². The highest BCUT2D eigenvalue weighted by Crippen LogP contribution is 2.25. The Hall–Kier alpha value is -3.64. The first kappa shape index (κ1) is 27.0. The van der Waals surface area contributed by atoms with E-state index in [1.807, 2.05) is 0 Å². The molecule has 36 heavy (non-hydrogen) atoms. The molecule has 3 aromatic rings. The van der Waals surface area contributed by atoms with Crippen LogP contribution in [-0.2, 0) is 16.1 Å². The third-order valence-electron chi connectivity index (χ3n) is 4.71. The third kappa shape index (κ3) is 6.73. The van der Waals surface area contributed by atoms with Gasteiger partial charge >= 0.3 is 6.09 Å². The molecule has 194 valence electrons. The third-order valence-corrected chi connectivity index (χ3v) is 4.89. The van der Waals surface area contributed by atoms with Crippen LogP contribution >= 0.6 is 11.6 Å². The number of nitrogens with zero attached hydrogens (tertiary/aromatic N) is 3. The Morgan fingerprint density at radius 2 is 2.00 bits per heavy atom. The van der Waals surface area contributed by atoms with Crippen molar-refractivity contribution in [2.24, 2.45) is 0 Å². The van der Waals surface area contributed by atoms with Gasteiger partial charge in [-0.3, -0.25) is 10.1 Å². The number of fused-ring (bicyclic) bond motifs is 1. The standard InChI is InChI=1S/C23H28ClFN6O5/c1-12(10-35-11-13-6-15(26)18(34-5)7-14(13)25)28-21(32)17-9-27-20-16(8-19(24)30-31(17)20)29-22(33)36-23(2,3)4/h6-9,12H,10-11,26H2,1-5H3,(H,28,32)(H,29,33)/t12-/m1/s1. The summed E-state index contributed by atoms with van der Waals surface area (Å²) < 4.78 is 31.2. The molecule has 0 spiro atoms. The molecule has 13 heteroatoms. The average molecular weight is 523 g/mol. The van der Waals surface area contributed by atoms with Crippen LogP contribution in [0.4, 0.5) is 20.6 Å². The minimum absolute atomic E-state index is 0.0257. The fourth-order valence-corrected chi connectivity index (χ4v) is 3.38. The average Bonchev–Trinajstić information content (AvgIpc) is 3.18. The van der Waals surface area contributed by atoms with Gasteiger partial charge in [0, 0.05) is 23.7 Å². The maximum absolute atomic E-state index is 14.2. The molecule has 0 bridgehead atoms. The molecule has 1 atom stereocenters. The van der Waals surface area contributed by atoms with E-state index in [0.717, 1.165) is 0 Å². The van der Waals surface area contributed by atoms with E-state index in [1.165, 1.54) is 36.0 Å². The van der Waals surface area contributed by atoms with Gasteiger partial charge in [0.05, 0.1) is 37.9 Å². The largest absolute Gasteiger partial charge is 0.494 e. The summed E-state index contributed by atoms with van der Waals surface area (Å²) in [5, 5.41) is 9.46. The Morgan fingerprint density at radius 1 is 1.28 bits per heavy atom. The van der Waals surface area contributed by atoms with Crippen molar-refractivity contribution >= 4 is 40.6 Å². The number of halogens is 2. The Labute approximate surface area is 212 Å². The van der Waals surface area contributed by atoms with Gasteiger partial charge in [-0.1, -0.05) is 11.6 Å². The molecule has 1 aromatic carbocycles. The topological polar surface area (TPSA) is 142 Å². The number of anilines is 2. The zero-order chi connectivity index (χ0) is 26.6. The van der Waals surface area contributed by atoms with Gasteiger partial charge in [0.25, 0.3) is 5.91 Å². The zero-order valence-electron chi connectivity index (χ0n) is 20.5. The summed E-state index contributed by atoms with van der Waals surface area (Å²) in [6, 6.07) is 3.58. The predicted octanol–water partition coefficient (Wildman–Crippen LogP) is 3.79. The van der Waals surface area contributed by atoms with E-state index >= 15 is 0 Å². The second-order valence-electron chi connectivity index (χ2n) is 8.96. The van der Waals surface area contributed by atoms with Gasteiger partial charge < -0.3 is 25.3 Å². The minimum atomic E-state index is -0.707. The van der Waals surface area contributed by atoms with Gasteiger partial charge in [0.15, 0.2) is 16.5 Å². The van der Waals surface area contributed by atoms with Crippen LogP contribution in [0.15, 0.2) is 24.4 Å². The molecule has 0 saturated heterocycles. The van der Waals surface area contributed by atoms with E-state index in [0.29, 0.717) is 0 Å². The van der Waals surface area contributed by atoms with E-state index < -0.39 is 29.5 Å². The molecule has 0 fully saturated rings. The Balaban J connectivity index is 1.65. The van der Waals surface area contributed by atoms with Crippen LogP contribution in [0.1, 0.15) is 43.7 Å². The molecule has 0 aliphatic rings. The number of benzene rings is 1. The number of ether oxygens (including phenoxy) is 3. The Kier molecular flexibility index (Phi) is 8.21. The number of carbonyl (C=O) groups excluding carboxylic acids is 2. The van der Waals surface area contributed by atoms with Crippen molar-refractivity contribution in [3.63, 3.8) is 0 Å². The summed E-state index contributed by atoms with van der Waals surface area (Å²) in [6.45, 7) is 6.95. The molecule has 4 N–H and O–H groups in total. The first-order chi connectivity index (χ1) is 16.9. The van der Waals surface area contributed by atoms with Crippen LogP contribution in [0.2, 0.25) is 5.15 Å². The molecule has 11 nitrogen and oxygen atoms in total. The fourth-order valence-electron chi connectivity index (χ4n) is 3.19. The van der Waals surface area contributed by atoms with Crippen molar-refractivity contribution in [2.45, 2.75) is 45.9 Å². The highest BCUT2D eigenvalue weighted by Gasteiger charge is 2.21. The maximum Gasteiger partial charge on any atom is 0.412 e. The van der Waals surface area contributed by atoms with Gasteiger partial charge in [-0.15, -0.1) is 0 Å². The number of amides is 2. The van der Waals surface area contributed by atoms with Gasteiger partial charge in [-0.25, -0.2) is 18.7 Å². The van der Waals surface area contributed by atoms with Crippen molar-refractivity contribution < 1.29 is 28.2 Å². The summed E-state index contributed by atoms with van der Waals surface area (Å²) in [5.74, 6) is -0.776. The molecular weight excluding hydrogens is 495 g/mol. The predicted molar refractivity (Wildman–Crippen MR) is 132 cm³/mol. The summed E-state index contributed by atoms with van der Waals surface area (Å²) in [5.41, 5.74) is 6.17. The lowest BCUT2D eigenvalue weighted by atomic mass is 10.2. The van der Waals surface area contributed by atoms with Gasteiger partial charge in [-0.2, -0.15) is 5.10 Å². The number of carbonyl (C=O) groups is 2. The number of aromatic nitrogens is 3.